The number of ether oxygens (including phenoxy) is 1. The molecule has 2 rings (SSSR count). The van der Waals surface area contributed by atoms with Crippen molar-refractivity contribution in [2.24, 2.45) is 11.1 Å². The van der Waals surface area contributed by atoms with Gasteiger partial charge in [0.25, 0.3) is 0 Å². The molecule has 0 aliphatic carbocycles. The van der Waals surface area contributed by atoms with E-state index < -0.39 is 0 Å². The normalized spacial score (nSPS) is 17.6. The summed E-state index contributed by atoms with van der Waals surface area (Å²) in [5.41, 5.74) is 11.4. The van der Waals surface area contributed by atoms with Gasteiger partial charge in [0.2, 0.25) is 0 Å². The summed E-state index contributed by atoms with van der Waals surface area (Å²) in [6.45, 7) is 10.6. The quantitative estimate of drug-likeness (QED) is 0.833. The monoisotopic (exact) mass is 248 g/mol. The zero-order valence-corrected chi connectivity index (χ0v) is 11.7. The van der Waals surface area contributed by atoms with E-state index in [1.807, 2.05) is 0 Å². The molecule has 3 nitrogen and oxygen atoms in total. The number of rotatable bonds is 5. The summed E-state index contributed by atoms with van der Waals surface area (Å²) < 4.78 is 5.27. The second kappa shape index (κ2) is 5.39. The first-order valence-electron chi connectivity index (χ1n) is 6.62. The summed E-state index contributed by atoms with van der Waals surface area (Å²) in [5, 5.41) is 3.52. The van der Waals surface area contributed by atoms with Crippen molar-refractivity contribution in [1.82, 2.24) is 5.32 Å². The molecule has 1 aromatic carbocycles. The molecule has 0 amide bonds. The van der Waals surface area contributed by atoms with E-state index in [-0.39, 0.29) is 5.41 Å². The van der Waals surface area contributed by atoms with Crippen LogP contribution in [0.1, 0.15) is 22.3 Å². The Bertz CT molecular complexity index is 419. The molecule has 1 fully saturated rings. The molecule has 1 saturated heterocycles. The Kier molecular flexibility index (Phi) is 4.05. The van der Waals surface area contributed by atoms with Gasteiger partial charge >= 0.3 is 0 Å². The van der Waals surface area contributed by atoms with Gasteiger partial charge in [-0.15, -0.1) is 0 Å². The van der Waals surface area contributed by atoms with E-state index in [9.17, 15) is 0 Å². The van der Waals surface area contributed by atoms with E-state index in [4.69, 9.17) is 10.5 Å². The molecule has 18 heavy (non-hydrogen) atoms. The third-order valence-electron chi connectivity index (χ3n) is 4.02. The number of hydrogen-bond donors (Lipinski definition) is 2. The predicted molar refractivity (Wildman–Crippen MR) is 74.7 cm³/mol. The lowest BCUT2D eigenvalue weighted by Crippen LogP contribution is -2.54. The van der Waals surface area contributed by atoms with Crippen LogP contribution >= 0.6 is 0 Å². The van der Waals surface area contributed by atoms with Gasteiger partial charge < -0.3 is 15.8 Å². The fourth-order valence-electron chi connectivity index (χ4n) is 2.36. The van der Waals surface area contributed by atoms with Crippen molar-refractivity contribution in [3.05, 3.63) is 34.4 Å². The van der Waals surface area contributed by atoms with Crippen LogP contribution in [0.2, 0.25) is 0 Å². The fourth-order valence-corrected chi connectivity index (χ4v) is 2.36. The molecule has 1 heterocycles. The van der Waals surface area contributed by atoms with Crippen molar-refractivity contribution in [3.8, 4) is 0 Å². The largest absolute Gasteiger partial charge is 0.380 e. The van der Waals surface area contributed by atoms with E-state index in [0.29, 0.717) is 6.54 Å². The fraction of sp³-hybridized carbons (Fsp3) is 0.600. The van der Waals surface area contributed by atoms with Gasteiger partial charge in [-0.2, -0.15) is 0 Å². The molecule has 0 spiro atoms. The number of aryl methyl sites for hydroxylation is 3. The third kappa shape index (κ3) is 2.74. The highest BCUT2D eigenvalue weighted by atomic mass is 16.5. The van der Waals surface area contributed by atoms with Gasteiger partial charge in [0.1, 0.15) is 0 Å². The lowest BCUT2D eigenvalue weighted by atomic mass is 9.86. The minimum Gasteiger partial charge on any atom is -0.380 e. The first-order valence-corrected chi connectivity index (χ1v) is 6.62. The highest BCUT2D eigenvalue weighted by Crippen LogP contribution is 2.25. The molecule has 0 radical (unpaired) electrons. The van der Waals surface area contributed by atoms with Crippen LogP contribution < -0.4 is 11.1 Å². The average Bonchev–Trinajstić information content (AvgIpc) is 2.29. The standard InChI is InChI=1S/C15H24N2O/c1-11-4-13(3)14(5-12(11)2)6-17-8-15(7-16)9-18-10-15/h4-5,17H,6-10,16H2,1-3H3. The highest BCUT2D eigenvalue weighted by Gasteiger charge is 2.36. The van der Waals surface area contributed by atoms with Gasteiger partial charge in [0.05, 0.1) is 13.2 Å². The van der Waals surface area contributed by atoms with Gasteiger partial charge in [-0.25, -0.2) is 0 Å². The molecule has 0 aromatic heterocycles. The molecule has 100 valence electrons. The Morgan fingerprint density at radius 1 is 1.17 bits per heavy atom. The Labute approximate surface area is 110 Å². The Morgan fingerprint density at radius 3 is 2.39 bits per heavy atom. The first kappa shape index (κ1) is 13.5. The summed E-state index contributed by atoms with van der Waals surface area (Å²) in [7, 11) is 0. The van der Waals surface area contributed by atoms with Crippen LogP contribution in [0.4, 0.5) is 0 Å². The van der Waals surface area contributed by atoms with Crippen LogP contribution in [0.15, 0.2) is 12.1 Å². The van der Waals surface area contributed by atoms with Gasteiger partial charge in [-0.3, -0.25) is 0 Å². The maximum atomic E-state index is 5.80. The molecule has 0 saturated carbocycles. The van der Waals surface area contributed by atoms with Crippen molar-refractivity contribution in [2.75, 3.05) is 26.3 Å². The number of benzene rings is 1. The van der Waals surface area contributed by atoms with Gasteiger partial charge in [0, 0.05) is 25.0 Å². The minimum atomic E-state index is 0.174. The number of nitrogens with one attached hydrogen (secondary N) is 1. The smallest absolute Gasteiger partial charge is 0.0569 e. The second-order valence-corrected chi connectivity index (χ2v) is 5.66. The lowest BCUT2D eigenvalue weighted by Gasteiger charge is -2.40. The van der Waals surface area contributed by atoms with Crippen LogP contribution in [-0.4, -0.2) is 26.3 Å². The maximum absolute atomic E-state index is 5.80. The molecular formula is C15H24N2O. The summed E-state index contributed by atoms with van der Waals surface area (Å²) in [5.74, 6) is 0. The summed E-state index contributed by atoms with van der Waals surface area (Å²) in [6.07, 6.45) is 0. The van der Waals surface area contributed by atoms with Crippen molar-refractivity contribution < 1.29 is 4.74 Å². The number of nitrogens with two attached hydrogens (primary N) is 1. The Hall–Kier alpha value is -0.900. The van der Waals surface area contributed by atoms with Gasteiger partial charge in [-0.1, -0.05) is 12.1 Å². The summed E-state index contributed by atoms with van der Waals surface area (Å²) in [6, 6.07) is 4.54. The van der Waals surface area contributed by atoms with Crippen LogP contribution in [0, 0.1) is 26.2 Å². The molecular weight excluding hydrogens is 224 g/mol. The van der Waals surface area contributed by atoms with E-state index in [0.717, 1.165) is 26.3 Å². The number of hydrogen-bond acceptors (Lipinski definition) is 3. The van der Waals surface area contributed by atoms with Gasteiger partial charge in [0.15, 0.2) is 0 Å². The van der Waals surface area contributed by atoms with E-state index in [2.05, 4.69) is 38.2 Å². The molecule has 0 unspecified atom stereocenters. The van der Waals surface area contributed by atoms with Crippen LogP contribution in [-0.2, 0) is 11.3 Å². The first-order chi connectivity index (χ1) is 8.56. The molecule has 0 bridgehead atoms. The summed E-state index contributed by atoms with van der Waals surface area (Å²) in [4.78, 5) is 0. The molecule has 1 aliphatic rings. The van der Waals surface area contributed by atoms with Crippen molar-refractivity contribution in [3.63, 3.8) is 0 Å². The minimum absolute atomic E-state index is 0.174. The van der Waals surface area contributed by atoms with E-state index >= 15 is 0 Å². The van der Waals surface area contributed by atoms with E-state index in [1.165, 1.54) is 22.3 Å². The molecule has 3 N–H and O–H groups in total. The second-order valence-electron chi connectivity index (χ2n) is 5.66. The van der Waals surface area contributed by atoms with Crippen molar-refractivity contribution >= 4 is 0 Å². The van der Waals surface area contributed by atoms with Gasteiger partial charge in [-0.05, 0) is 43.0 Å². The zero-order valence-electron chi connectivity index (χ0n) is 11.7. The molecule has 0 atom stereocenters. The van der Waals surface area contributed by atoms with E-state index in [1.54, 1.807) is 0 Å². The van der Waals surface area contributed by atoms with Crippen LogP contribution in [0.25, 0.3) is 0 Å². The summed E-state index contributed by atoms with van der Waals surface area (Å²) >= 11 is 0. The molecule has 1 aliphatic heterocycles. The highest BCUT2D eigenvalue weighted by molar-refractivity contribution is 5.36. The molecule has 3 heteroatoms. The third-order valence-corrected chi connectivity index (χ3v) is 4.02. The van der Waals surface area contributed by atoms with Crippen molar-refractivity contribution in [1.29, 1.82) is 0 Å². The Balaban J connectivity index is 1.92. The predicted octanol–water partition coefficient (Wildman–Crippen LogP) is 1.68. The lowest BCUT2D eigenvalue weighted by molar-refractivity contribution is -0.105. The average molecular weight is 248 g/mol. The topological polar surface area (TPSA) is 47.3 Å². The van der Waals surface area contributed by atoms with Crippen LogP contribution in [0.3, 0.4) is 0 Å². The molecule has 1 aromatic rings. The zero-order chi connectivity index (χ0) is 13.2. The maximum Gasteiger partial charge on any atom is 0.0569 e. The Morgan fingerprint density at radius 2 is 1.83 bits per heavy atom. The van der Waals surface area contributed by atoms with Crippen LogP contribution in [0.5, 0.6) is 0 Å². The van der Waals surface area contributed by atoms with Crippen molar-refractivity contribution in [2.45, 2.75) is 27.3 Å². The SMILES string of the molecule is Cc1cc(C)c(CNCC2(CN)COC2)cc1C.